The normalized spacial score (nSPS) is 13.1. The molecule has 17 heavy (non-hydrogen) atoms. The second kappa shape index (κ2) is 4.65. The molecule has 0 unspecified atom stereocenters. The van der Waals surface area contributed by atoms with Gasteiger partial charge in [0.1, 0.15) is 0 Å². The zero-order valence-corrected chi connectivity index (χ0v) is 9.29. The fourth-order valence-corrected chi connectivity index (χ4v) is 1.54. The third-order valence-corrected chi connectivity index (χ3v) is 2.42. The van der Waals surface area contributed by atoms with Gasteiger partial charge in [-0.3, -0.25) is 14.5 Å². The van der Waals surface area contributed by atoms with Gasteiger partial charge in [0.25, 0.3) is 11.8 Å². The van der Waals surface area contributed by atoms with E-state index < -0.39 is 0 Å². The highest BCUT2D eigenvalue weighted by Gasteiger charge is 2.31. The van der Waals surface area contributed by atoms with Crippen molar-refractivity contribution in [2.45, 2.75) is 0 Å². The lowest BCUT2D eigenvalue weighted by molar-refractivity contribution is 0.0693. The molecule has 0 aliphatic carbocycles. The van der Waals surface area contributed by atoms with E-state index in [0.29, 0.717) is 11.1 Å². The average molecular weight is 229 g/mol. The molecule has 2 amide bonds. The largest absolute Gasteiger partial charge is 0.473 e. The van der Waals surface area contributed by atoms with E-state index in [1.165, 1.54) is 7.05 Å². The Balaban J connectivity index is 0.000000181. The molecular formula is C13H11NO3. The maximum Gasteiger partial charge on any atom is 0.261 e. The van der Waals surface area contributed by atoms with Gasteiger partial charge in [0.05, 0.1) is 23.7 Å². The molecule has 0 spiro atoms. The van der Waals surface area contributed by atoms with Crippen molar-refractivity contribution < 1.29 is 14.0 Å². The number of hydrogen-bond donors (Lipinski definition) is 0. The lowest BCUT2D eigenvalue weighted by Gasteiger charge is -2.02. The third-order valence-electron chi connectivity index (χ3n) is 2.42. The van der Waals surface area contributed by atoms with Crippen molar-refractivity contribution in [3.63, 3.8) is 0 Å². The lowest BCUT2D eigenvalue weighted by atomic mass is 10.1. The zero-order chi connectivity index (χ0) is 12.3. The van der Waals surface area contributed by atoms with Crippen molar-refractivity contribution in [2.75, 3.05) is 7.05 Å². The van der Waals surface area contributed by atoms with Gasteiger partial charge < -0.3 is 4.42 Å². The first-order valence-corrected chi connectivity index (χ1v) is 5.10. The van der Waals surface area contributed by atoms with Gasteiger partial charge in [-0.2, -0.15) is 0 Å². The molecule has 2 heterocycles. The Hall–Kier alpha value is -2.36. The molecular weight excluding hydrogens is 218 g/mol. The van der Waals surface area contributed by atoms with Crippen molar-refractivity contribution >= 4 is 11.8 Å². The van der Waals surface area contributed by atoms with Crippen LogP contribution in [-0.2, 0) is 0 Å². The van der Waals surface area contributed by atoms with Crippen LogP contribution < -0.4 is 0 Å². The Morgan fingerprint density at radius 2 is 1.35 bits per heavy atom. The number of benzene rings is 1. The molecule has 1 aromatic heterocycles. The molecule has 86 valence electrons. The van der Waals surface area contributed by atoms with Crippen LogP contribution in [0.2, 0.25) is 0 Å². The SMILES string of the molecule is CN1C(=O)c2ccccc2C1=O.c1ccoc1. The van der Waals surface area contributed by atoms with Gasteiger partial charge >= 0.3 is 0 Å². The summed E-state index contributed by atoms with van der Waals surface area (Å²) in [5.74, 6) is -0.425. The highest BCUT2D eigenvalue weighted by molar-refractivity contribution is 6.21. The minimum atomic E-state index is -0.212. The zero-order valence-electron chi connectivity index (χ0n) is 9.29. The van der Waals surface area contributed by atoms with Gasteiger partial charge in [0.15, 0.2) is 0 Å². The molecule has 0 bridgehead atoms. The van der Waals surface area contributed by atoms with Gasteiger partial charge in [0, 0.05) is 7.05 Å². The number of carbonyl (C=O) groups excluding carboxylic acids is 2. The van der Waals surface area contributed by atoms with Crippen LogP contribution in [0.5, 0.6) is 0 Å². The van der Waals surface area contributed by atoms with Crippen molar-refractivity contribution in [2.24, 2.45) is 0 Å². The van der Waals surface area contributed by atoms with Crippen LogP contribution in [0.15, 0.2) is 53.3 Å². The van der Waals surface area contributed by atoms with Gasteiger partial charge in [-0.1, -0.05) is 12.1 Å². The molecule has 0 radical (unpaired) electrons. The topological polar surface area (TPSA) is 50.5 Å². The summed E-state index contributed by atoms with van der Waals surface area (Å²) in [6, 6.07) is 10.5. The molecule has 1 aromatic carbocycles. The number of carbonyl (C=O) groups is 2. The summed E-state index contributed by atoms with van der Waals surface area (Å²) < 4.78 is 4.58. The highest BCUT2D eigenvalue weighted by Crippen LogP contribution is 2.20. The molecule has 2 aromatic rings. The van der Waals surface area contributed by atoms with E-state index in [-0.39, 0.29) is 11.8 Å². The van der Waals surface area contributed by atoms with Crippen LogP contribution in [-0.4, -0.2) is 23.8 Å². The first-order valence-electron chi connectivity index (χ1n) is 5.10. The summed E-state index contributed by atoms with van der Waals surface area (Å²) in [5.41, 5.74) is 1.01. The van der Waals surface area contributed by atoms with Crippen LogP contribution in [0.3, 0.4) is 0 Å². The molecule has 0 atom stereocenters. The monoisotopic (exact) mass is 229 g/mol. The van der Waals surface area contributed by atoms with Crippen LogP contribution >= 0.6 is 0 Å². The number of fused-ring (bicyclic) bond motifs is 1. The summed E-state index contributed by atoms with van der Waals surface area (Å²) in [5, 5.41) is 0. The van der Waals surface area contributed by atoms with E-state index in [1.54, 1.807) is 36.8 Å². The summed E-state index contributed by atoms with van der Waals surface area (Å²) >= 11 is 0. The van der Waals surface area contributed by atoms with Gasteiger partial charge in [-0.25, -0.2) is 0 Å². The fraction of sp³-hybridized carbons (Fsp3) is 0.0769. The van der Waals surface area contributed by atoms with Crippen molar-refractivity contribution in [1.29, 1.82) is 0 Å². The van der Waals surface area contributed by atoms with E-state index >= 15 is 0 Å². The third kappa shape index (κ3) is 2.10. The second-order valence-electron chi connectivity index (χ2n) is 3.51. The molecule has 4 nitrogen and oxygen atoms in total. The van der Waals surface area contributed by atoms with E-state index in [1.807, 2.05) is 12.1 Å². The Morgan fingerprint density at radius 1 is 0.882 bits per heavy atom. The molecule has 1 aliphatic heterocycles. The van der Waals surface area contributed by atoms with Gasteiger partial charge in [0.2, 0.25) is 0 Å². The molecule has 4 heteroatoms. The lowest BCUT2D eigenvalue weighted by Crippen LogP contribution is -2.24. The van der Waals surface area contributed by atoms with Crippen molar-refractivity contribution in [1.82, 2.24) is 4.90 Å². The first kappa shape index (κ1) is 11.1. The van der Waals surface area contributed by atoms with Crippen LogP contribution in [0.25, 0.3) is 0 Å². The molecule has 3 rings (SSSR count). The number of furan rings is 1. The molecule has 0 fully saturated rings. The quantitative estimate of drug-likeness (QED) is 0.650. The Kier molecular flexibility index (Phi) is 3.05. The number of hydrogen-bond acceptors (Lipinski definition) is 3. The number of nitrogens with zero attached hydrogens (tertiary/aromatic N) is 1. The summed E-state index contributed by atoms with van der Waals surface area (Å²) in [6.07, 6.45) is 3.25. The molecule has 0 saturated carbocycles. The van der Waals surface area contributed by atoms with E-state index in [9.17, 15) is 9.59 Å². The van der Waals surface area contributed by atoms with Crippen LogP contribution in [0.1, 0.15) is 20.7 Å². The predicted molar refractivity (Wildman–Crippen MR) is 61.6 cm³/mol. The van der Waals surface area contributed by atoms with E-state index in [0.717, 1.165) is 4.90 Å². The Morgan fingerprint density at radius 3 is 1.71 bits per heavy atom. The highest BCUT2D eigenvalue weighted by atomic mass is 16.3. The summed E-state index contributed by atoms with van der Waals surface area (Å²) in [6.45, 7) is 0. The average Bonchev–Trinajstić information content (AvgIpc) is 3.00. The maximum absolute atomic E-state index is 11.3. The summed E-state index contributed by atoms with van der Waals surface area (Å²) in [4.78, 5) is 23.8. The van der Waals surface area contributed by atoms with Gasteiger partial charge in [-0.05, 0) is 24.3 Å². The van der Waals surface area contributed by atoms with Crippen molar-refractivity contribution in [3.05, 3.63) is 60.1 Å². The Labute approximate surface area is 98.5 Å². The molecule has 1 aliphatic rings. The van der Waals surface area contributed by atoms with E-state index in [4.69, 9.17) is 0 Å². The van der Waals surface area contributed by atoms with Crippen molar-refractivity contribution in [3.8, 4) is 0 Å². The molecule has 0 N–H and O–H groups in total. The van der Waals surface area contributed by atoms with Gasteiger partial charge in [-0.15, -0.1) is 0 Å². The number of rotatable bonds is 0. The fourth-order valence-electron chi connectivity index (χ4n) is 1.54. The standard InChI is InChI=1S/C9H7NO2.C4H4O/c1-10-8(11)6-4-2-3-5-7(6)9(10)12;1-2-4-5-3-1/h2-5H,1H3;1-4H. The second-order valence-corrected chi connectivity index (χ2v) is 3.51. The minimum absolute atomic E-state index is 0.212. The van der Waals surface area contributed by atoms with E-state index in [2.05, 4.69) is 4.42 Å². The van der Waals surface area contributed by atoms with Crippen LogP contribution in [0.4, 0.5) is 0 Å². The number of amides is 2. The number of imide groups is 1. The smallest absolute Gasteiger partial charge is 0.261 e. The minimum Gasteiger partial charge on any atom is -0.473 e. The molecule has 0 saturated heterocycles. The van der Waals surface area contributed by atoms with Crippen LogP contribution in [0, 0.1) is 0 Å². The maximum atomic E-state index is 11.3. The Bertz CT molecular complexity index is 479. The summed E-state index contributed by atoms with van der Waals surface area (Å²) in [7, 11) is 1.49. The first-order chi connectivity index (χ1) is 8.22. The predicted octanol–water partition coefficient (Wildman–Crippen LogP) is 2.19.